The molecule has 1 heterocycles. The molecule has 118 valence electrons. The van der Waals surface area contributed by atoms with Crippen LogP contribution in [0.1, 0.15) is 29.5 Å². The van der Waals surface area contributed by atoms with E-state index in [1.165, 1.54) is 24.0 Å². The number of rotatable bonds is 5. The minimum atomic E-state index is 0.595. The summed E-state index contributed by atoms with van der Waals surface area (Å²) >= 11 is 0. The van der Waals surface area contributed by atoms with E-state index in [-0.39, 0.29) is 0 Å². The van der Waals surface area contributed by atoms with Crippen molar-refractivity contribution in [3.05, 3.63) is 71.3 Å². The minimum absolute atomic E-state index is 0.595. The Morgan fingerprint density at radius 2 is 1.65 bits per heavy atom. The quantitative estimate of drug-likeness (QED) is 0.921. The van der Waals surface area contributed by atoms with Gasteiger partial charge in [0, 0.05) is 19.1 Å². The summed E-state index contributed by atoms with van der Waals surface area (Å²) in [7, 11) is 0. The predicted octanol–water partition coefficient (Wildman–Crippen LogP) is 3.31. The predicted molar refractivity (Wildman–Crippen MR) is 92.7 cm³/mol. The van der Waals surface area contributed by atoms with Crippen molar-refractivity contribution in [2.24, 2.45) is 0 Å². The molecule has 0 unspecified atom stereocenters. The van der Waals surface area contributed by atoms with Gasteiger partial charge in [-0.15, -0.1) is 0 Å². The molecular formula is C20H23N3. The van der Waals surface area contributed by atoms with Crippen molar-refractivity contribution < 1.29 is 0 Å². The number of nitrogens with one attached hydrogen (secondary N) is 1. The monoisotopic (exact) mass is 305 g/mol. The normalized spacial score (nSPS) is 16.1. The van der Waals surface area contributed by atoms with E-state index in [1.807, 2.05) is 24.3 Å². The molecule has 0 atom stereocenters. The van der Waals surface area contributed by atoms with Crippen LogP contribution in [0.5, 0.6) is 0 Å². The molecule has 0 spiro atoms. The van der Waals surface area contributed by atoms with Crippen LogP contribution in [0.3, 0.4) is 0 Å². The maximum absolute atomic E-state index is 8.82. The van der Waals surface area contributed by atoms with Gasteiger partial charge in [0.15, 0.2) is 0 Å². The molecule has 2 aromatic rings. The van der Waals surface area contributed by atoms with Gasteiger partial charge in [-0.05, 0) is 49.2 Å². The number of nitrogens with zero attached hydrogens (tertiary/aromatic N) is 2. The zero-order valence-corrected chi connectivity index (χ0v) is 13.4. The number of likely N-dealkylation sites (tertiary alicyclic amines) is 1. The summed E-state index contributed by atoms with van der Waals surface area (Å²) in [5.41, 5.74) is 3.37. The Kier molecular flexibility index (Phi) is 5.42. The second-order valence-corrected chi connectivity index (χ2v) is 6.23. The van der Waals surface area contributed by atoms with Crippen molar-refractivity contribution in [1.82, 2.24) is 10.2 Å². The van der Waals surface area contributed by atoms with Crippen molar-refractivity contribution >= 4 is 0 Å². The van der Waals surface area contributed by atoms with Gasteiger partial charge in [0.2, 0.25) is 0 Å². The first-order valence-electron chi connectivity index (χ1n) is 8.32. The molecule has 0 saturated carbocycles. The SMILES string of the molecule is N#Cc1ccc(CNC2CCN(Cc3ccccc3)CC2)cc1. The van der Waals surface area contributed by atoms with Crippen molar-refractivity contribution in [3.8, 4) is 6.07 Å². The molecule has 3 heteroatoms. The molecule has 1 N–H and O–H groups in total. The molecule has 0 bridgehead atoms. The van der Waals surface area contributed by atoms with Gasteiger partial charge in [-0.2, -0.15) is 5.26 Å². The molecule has 1 aliphatic heterocycles. The van der Waals surface area contributed by atoms with E-state index in [1.54, 1.807) is 0 Å². The van der Waals surface area contributed by atoms with Crippen molar-refractivity contribution in [2.75, 3.05) is 13.1 Å². The third-order valence-electron chi connectivity index (χ3n) is 4.51. The van der Waals surface area contributed by atoms with Gasteiger partial charge >= 0.3 is 0 Å². The zero-order chi connectivity index (χ0) is 15.9. The van der Waals surface area contributed by atoms with Crippen LogP contribution in [0.25, 0.3) is 0 Å². The molecule has 0 aliphatic carbocycles. The Hall–Kier alpha value is -2.15. The van der Waals surface area contributed by atoms with Crippen LogP contribution in [0.15, 0.2) is 54.6 Å². The van der Waals surface area contributed by atoms with Gasteiger partial charge in [-0.1, -0.05) is 42.5 Å². The lowest BCUT2D eigenvalue weighted by atomic mass is 10.0. The summed E-state index contributed by atoms with van der Waals surface area (Å²) in [6.45, 7) is 4.25. The van der Waals surface area contributed by atoms with E-state index < -0.39 is 0 Å². The number of benzene rings is 2. The van der Waals surface area contributed by atoms with E-state index in [9.17, 15) is 0 Å². The zero-order valence-electron chi connectivity index (χ0n) is 13.4. The molecule has 0 amide bonds. The number of hydrogen-bond donors (Lipinski definition) is 1. The highest BCUT2D eigenvalue weighted by Crippen LogP contribution is 2.14. The van der Waals surface area contributed by atoms with Crippen LogP contribution in [-0.2, 0) is 13.1 Å². The van der Waals surface area contributed by atoms with Crippen molar-refractivity contribution in [2.45, 2.75) is 32.0 Å². The standard InChI is InChI=1S/C20H23N3/c21-14-17-6-8-18(9-7-17)15-22-20-10-12-23(13-11-20)16-19-4-2-1-3-5-19/h1-9,20,22H,10-13,15-16H2. The van der Waals surface area contributed by atoms with Gasteiger partial charge in [0.05, 0.1) is 11.6 Å². The van der Waals surface area contributed by atoms with Gasteiger partial charge in [-0.3, -0.25) is 4.90 Å². The van der Waals surface area contributed by atoms with E-state index in [0.717, 1.165) is 31.7 Å². The fourth-order valence-corrected chi connectivity index (χ4v) is 3.10. The van der Waals surface area contributed by atoms with Gasteiger partial charge in [-0.25, -0.2) is 0 Å². The Morgan fingerprint density at radius 1 is 0.957 bits per heavy atom. The summed E-state index contributed by atoms with van der Waals surface area (Å²) in [6.07, 6.45) is 2.40. The first kappa shape index (κ1) is 15.7. The average molecular weight is 305 g/mol. The first-order chi connectivity index (χ1) is 11.3. The van der Waals surface area contributed by atoms with E-state index in [0.29, 0.717) is 6.04 Å². The topological polar surface area (TPSA) is 39.1 Å². The maximum Gasteiger partial charge on any atom is 0.0991 e. The molecule has 23 heavy (non-hydrogen) atoms. The molecule has 3 rings (SSSR count). The van der Waals surface area contributed by atoms with Crippen LogP contribution in [0.4, 0.5) is 0 Å². The third-order valence-corrected chi connectivity index (χ3v) is 4.51. The fraction of sp³-hybridized carbons (Fsp3) is 0.350. The van der Waals surface area contributed by atoms with Crippen LogP contribution in [-0.4, -0.2) is 24.0 Å². The van der Waals surface area contributed by atoms with E-state index >= 15 is 0 Å². The van der Waals surface area contributed by atoms with Gasteiger partial charge in [0.25, 0.3) is 0 Å². The molecule has 0 aromatic heterocycles. The van der Waals surface area contributed by atoms with Crippen LogP contribution in [0.2, 0.25) is 0 Å². The summed E-state index contributed by atoms with van der Waals surface area (Å²) < 4.78 is 0. The van der Waals surface area contributed by atoms with Gasteiger partial charge in [0.1, 0.15) is 0 Å². The highest BCUT2D eigenvalue weighted by molar-refractivity contribution is 5.31. The van der Waals surface area contributed by atoms with Crippen LogP contribution >= 0.6 is 0 Å². The lowest BCUT2D eigenvalue weighted by molar-refractivity contribution is 0.190. The second-order valence-electron chi connectivity index (χ2n) is 6.23. The summed E-state index contributed by atoms with van der Waals surface area (Å²) in [5, 5.41) is 12.5. The van der Waals surface area contributed by atoms with Crippen LogP contribution in [0, 0.1) is 11.3 Å². The molecule has 1 aliphatic rings. The molecule has 3 nitrogen and oxygen atoms in total. The highest BCUT2D eigenvalue weighted by atomic mass is 15.1. The largest absolute Gasteiger partial charge is 0.310 e. The Balaban J connectivity index is 1.41. The Labute approximate surface area is 138 Å². The molecule has 1 saturated heterocycles. The lowest BCUT2D eigenvalue weighted by Crippen LogP contribution is -2.41. The van der Waals surface area contributed by atoms with Crippen LogP contribution < -0.4 is 5.32 Å². The lowest BCUT2D eigenvalue weighted by Gasteiger charge is -2.32. The summed E-state index contributed by atoms with van der Waals surface area (Å²) in [4.78, 5) is 2.54. The van der Waals surface area contributed by atoms with Crippen molar-refractivity contribution in [3.63, 3.8) is 0 Å². The number of nitriles is 1. The Bertz CT molecular complexity index is 635. The second kappa shape index (κ2) is 7.92. The molecular weight excluding hydrogens is 282 g/mol. The van der Waals surface area contributed by atoms with Gasteiger partial charge < -0.3 is 5.32 Å². The smallest absolute Gasteiger partial charge is 0.0991 e. The number of piperidine rings is 1. The molecule has 2 aromatic carbocycles. The summed E-state index contributed by atoms with van der Waals surface area (Å²) in [6, 6.07) is 21.3. The maximum atomic E-state index is 8.82. The Morgan fingerprint density at radius 3 is 2.30 bits per heavy atom. The van der Waals surface area contributed by atoms with E-state index in [2.05, 4.69) is 46.6 Å². The summed E-state index contributed by atoms with van der Waals surface area (Å²) in [5.74, 6) is 0. The number of hydrogen-bond acceptors (Lipinski definition) is 3. The molecule has 1 fully saturated rings. The first-order valence-corrected chi connectivity index (χ1v) is 8.32. The molecule has 0 radical (unpaired) electrons. The van der Waals surface area contributed by atoms with Crippen molar-refractivity contribution in [1.29, 1.82) is 5.26 Å². The highest BCUT2D eigenvalue weighted by Gasteiger charge is 2.18. The third kappa shape index (κ3) is 4.66. The average Bonchev–Trinajstić information content (AvgIpc) is 2.62. The minimum Gasteiger partial charge on any atom is -0.310 e. The fourth-order valence-electron chi connectivity index (χ4n) is 3.10. The van der Waals surface area contributed by atoms with E-state index in [4.69, 9.17) is 5.26 Å².